The second-order valence-corrected chi connectivity index (χ2v) is 14.3. The number of carboxylic acid groups (broad SMARTS) is 1. The van der Waals surface area contributed by atoms with E-state index in [-0.39, 0.29) is 11.8 Å². The van der Waals surface area contributed by atoms with Crippen molar-refractivity contribution < 1.29 is 19.5 Å². The van der Waals surface area contributed by atoms with Crippen molar-refractivity contribution in [3.05, 3.63) is 24.3 Å². The molecule has 2 N–H and O–H groups in total. The van der Waals surface area contributed by atoms with Crippen LogP contribution in [0.25, 0.3) is 0 Å². The van der Waals surface area contributed by atoms with Crippen LogP contribution < -0.4 is 5.32 Å². The highest BCUT2D eigenvalue weighted by Crippen LogP contribution is 2.35. The van der Waals surface area contributed by atoms with Gasteiger partial charge in [0.05, 0.1) is 5.41 Å². The molecule has 0 aromatic rings. The van der Waals surface area contributed by atoms with E-state index in [0.29, 0.717) is 12.8 Å². The average molecular weight is 630 g/mol. The lowest BCUT2D eigenvalue weighted by Crippen LogP contribution is -2.30. The molecule has 1 rings (SSSR count). The number of carbonyl (C=O) groups excluding carboxylic acids is 2. The van der Waals surface area contributed by atoms with Crippen molar-refractivity contribution >= 4 is 17.8 Å². The smallest absolute Gasteiger partial charge is 0.303 e. The fourth-order valence-corrected chi connectivity index (χ4v) is 6.51. The number of imide groups is 1. The summed E-state index contributed by atoms with van der Waals surface area (Å²) >= 11 is 0. The summed E-state index contributed by atoms with van der Waals surface area (Å²) in [7, 11) is 0. The number of hydrogen-bond donors (Lipinski definition) is 2. The molecule has 260 valence electrons. The van der Waals surface area contributed by atoms with E-state index in [4.69, 9.17) is 5.11 Å². The maximum absolute atomic E-state index is 12.7. The summed E-state index contributed by atoms with van der Waals surface area (Å²) in [6.45, 7) is 4.64. The molecule has 1 unspecified atom stereocenters. The van der Waals surface area contributed by atoms with Gasteiger partial charge in [0.1, 0.15) is 0 Å². The second kappa shape index (κ2) is 28.3. The van der Waals surface area contributed by atoms with Crippen LogP contribution in [0.15, 0.2) is 24.3 Å². The maximum Gasteiger partial charge on any atom is 0.303 e. The fourth-order valence-electron chi connectivity index (χ4n) is 6.51. The molecular formula is C40H71NO4. The van der Waals surface area contributed by atoms with Crippen molar-refractivity contribution in [2.45, 2.75) is 200 Å². The number of aliphatic carboxylic acids is 1. The molecule has 0 saturated carbocycles. The first-order valence-electron chi connectivity index (χ1n) is 19.2. The Bertz CT molecular complexity index is 817. The molecule has 1 fully saturated rings. The molecule has 1 atom stereocenters. The van der Waals surface area contributed by atoms with Crippen LogP contribution in [0.2, 0.25) is 0 Å². The first-order valence-corrected chi connectivity index (χ1v) is 19.2. The highest BCUT2D eigenvalue weighted by molar-refractivity contribution is 6.06. The molecule has 5 heteroatoms. The first kappa shape index (κ1) is 41.1. The summed E-state index contributed by atoms with van der Waals surface area (Å²) in [5.41, 5.74) is -0.616. The molecule has 1 aliphatic rings. The van der Waals surface area contributed by atoms with Crippen LogP contribution in [0, 0.1) is 11.3 Å². The van der Waals surface area contributed by atoms with Crippen molar-refractivity contribution in [1.29, 1.82) is 0 Å². The van der Waals surface area contributed by atoms with Gasteiger partial charge in [-0.1, -0.05) is 160 Å². The summed E-state index contributed by atoms with van der Waals surface area (Å²) in [5.74, 6) is -0.0467. The summed E-state index contributed by atoms with van der Waals surface area (Å²) in [4.78, 5) is 35.3. The Morgan fingerprint density at radius 1 is 0.644 bits per heavy atom. The predicted molar refractivity (Wildman–Crippen MR) is 190 cm³/mol. The Kier molecular flexibility index (Phi) is 25.9. The average Bonchev–Trinajstić information content (AvgIpc) is 3.28. The van der Waals surface area contributed by atoms with Gasteiger partial charge in [-0.2, -0.15) is 0 Å². The normalized spacial score (nSPS) is 17.0. The lowest BCUT2D eigenvalue weighted by atomic mass is 9.80. The number of allylic oxidation sites excluding steroid dienone is 3. The molecule has 0 aliphatic carbocycles. The largest absolute Gasteiger partial charge is 0.481 e. The predicted octanol–water partition coefficient (Wildman–Crippen LogP) is 11.8. The molecule has 45 heavy (non-hydrogen) atoms. The third-order valence-corrected chi connectivity index (χ3v) is 9.44. The number of amides is 2. The van der Waals surface area contributed by atoms with Gasteiger partial charge in [0.25, 0.3) is 0 Å². The van der Waals surface area contributed by atoms with E-state index in [0.717, 1.165) is 63.7 Å². The number of carbonyl (C=O) groups is 3. The van der Waals surface area contributed by atoms with E-state index in [1.807, 2.05) is 0 Å². The number of carboxylic acids is 1. The van der Waals surface area contributed by atoms with Crippen LogP contribution in [0.1, 0.15) is 200 Å². The van der Waals surface area contributed by atoms with E-state index < -0.39 is 11.4 Å². The van der Waals surface area contributed by atoms with Gasteiger partial charge < -0.3 is 5.11 Å². The minimum atomic E-state index is -0.685. The Morgan fingerprint density at radius 3 is 1.51 bits per heavy atom. The van der Waals surface area contributed by atoms with Crippen LogP contribution in [0.4, 0.5) is 0 Å². The van der Waals surface area contributed by atoms with Crippen LogP contribution in [-0.4, -0.2) is 22.9 Å². The fraction of sp³-hybridized carbons (Fsp3) is 0.825. The summed E-state index contributed by atoms with van der Waals surface area (Å²) in [6.07, 6.45) is 42.1. The molecule has 0 spiro atoms. The van der Waals surface area contributed by atoms with Gasteiger partial charge in [0, 0.05) is 12.8 Å². The molecule has 0 aromatic carbocycles. The molecule has 0 aromatic heterocycles. The van der Waals surface area contributed by atoms with Gasteiger partial charge in [-0.05, 0) is 57.3 Å². The van der Waals surface area contributed by atoms with Gasteiger partial charge in [0.2, 0.25) is 11.8 Å². The second-order valence-electron chi connectivity index (χ2n) is 14.3. The van der Waals surface area contributed by atoms with Gasteiger partial charge in [-0.15, -0.1) is 0 Å². The molecule has 5 nitrogen and oxygen atoms in total. The highest BCUT2D eigenvalue weighted by Gasteiger charge is 2.43. The number of rotatable bonds is 32. The van der Waals surface area contributed by atoms with Crippen molar-refractivity contribution in [2.24, 2.45) is 11.3 Å². The van der Waals surface area contributed by atoms with E-state index in [1.165, 1.54) is 116 Å². The van der Waals surface area contributed by atoms with Crippen LogP contribution in [0.3, 0.4) is 0 Å². The van der Waals surface area contributed by atoms with Crippen molar-refractivity contribution in [2.75, 3.05) is 0 Å². The number of nitrogens with one attached hydrogen (secondary N) is 1. The van der Waals surface area contributed by atoms with Crippen molar-refractivity contribution in [1.82, 2.24) is 5.32 Å². The molecule has 0 bridgehead atoms. The van der Waals surface area contributed by atoms with Crippen LogP contribution >= 0.6 is 0 Å². The minimum absolute atomic E-state index is 0.0892. The standard InChI is InChI=1S/C40H71NO4/c1-36(2)31-27-23-19-15-11-7-6-10-14-18-22-26-30-34-40(35-37(42)41-39(40)45)33-29-25-21-17-13-9-5-3-4-8-12-16-20-24-28-32-38(43)44/h3-4,30,34,36H,5-29,31-33,35H2,1-2H3,(H,43,44)(H,41,42,45). The van der Waals surface area contributed by atoms with Crippen molar-refractivity contribution in [3.63, 3.8) is 0 Å². The molecule has 2 amide bonds. The zero-order valence-corrected chi connectivity index (χ0v) is 29.6. The van der Waals surface area contributed by atoms with E-state index in [1.54, 1.807) is 0 Å². The zero-order chi connectivity index (χ0) is 32.9. The highest BCUT2D eigenvalue weighted by atomic mass is 16.4. The van der Waals surface area contributed by atoms with Gasteiger partial charge in [0.15, 0.2) is 0 Å². The van der Waals surface area contributed by atoms with Crippen LogP contribution in [-0.2, 0) is 14.4 Å². The van der Waals surface area contributed by atoms with E-state index in [9.17, 15) is 14.4 Å². The molecule has 1 saturated heterocycles. The summed E-state index contributed by atoms with van der Waals surface area (Å²) in [6, 6.07) is 0. The summed E-state index contributed by atoms with van der Waals surface area (Å²) < 4.78 is 0. The summed E-state index contributed by atoms with van der Waals surface area (Å²) in [5, 5.41) is 11.2. The quantitative estimate of drug-likeness (QED) is 0.0440. The molecule has 1 aliphatic heterocycles. The van der Waals surface area contributed by atoms with Crippen LogP contribution in [0.5, 0.6) is 0 Å². The maximum atomic E-state index is 12.7. The zero-order valence-electron chi connectivity index (χ0n) is 29.6. The van der Waals surface area contributed by atoms with E-state index >= 15 is 0 Å². The van der Waals surface area contributed by atoms with Gasteiger partial charge in [-0.3, -0.25) is 19.7 Å². The lowest BCUT2D eigenvalue weighted by Gasteiger charge is -2.21. The molecule has 0 radical (unpaired) electrons. The Morgan fingerprint density at radius 2 is 1.07 bits per heavy atom. The third-order valence-electron chi connectivity index (χ3n) is 9.44. The van der Waals surface area contributed by atoms with E-state index in [2.05, 4.69) is 43.5 Å². The minimum Gasteiger partial charge on any atom is -0.481 e. The van der Waals surface area contributed by atoms with Crippen molar-refractivity contribution in [3.8, 4) is 0 Å². The third kappa shape index (κ3) is 24.0. The molecular weight excluding hydrogens is 558 g/mol. The number of hydrogen-bond acceptors (Lipinski definition) is 3. The number of unbranched alkanes of at least 4 members (excludes halogenated alkanes) is 22. The topological polar surface area (TPSA) is 83.5 Å². The SMILES string of the molecule is CC(C)CCCCCCCCCCCCCC=CC1(CCCCCCCCC=CCCCCCCCC(=O)O)CC(=O)NC1=O. The Labute approximate surface area is 277 Å². The monoisotopic (exact) mass is 630 g/mol. The first-order chi connectivity index (χ1) is 21.9. The Balaban J connectivity index is 2.04. The van der Waals surface area contributed by atoms with Gasteiger partial charge in [-0.25, -0.2) is 0 Å². The lowest BCUT2D eigenvalue weighted by molar-refractivity contribution is -0.137. The Hall–Kier alpha value is -1.91. The van der Waals surface area contributed by atoms with Gasteiger partial charge >= 0.3 is 5.97 Å². The molecule has 1 heterocycles.